The first-order chi connectivity index (χ1) is 44.6. The molecule has 14 heteroatoms. The maximum absolute atomic E-state index is 13.4. The zero-order valence-corrected chi connectivity index (χ0v) is 58.6. The third-order valence-corrected chi connectivity index (χ3v) is 19.1. The van der Waals surface area contributed by atoms with Crippen molar-refractivity contribution in [1.29, 1.82) is 0 Å². The Bertz CT molecular complexity index is 1670. The summed E-state index contributed by atoms with van der Waals surface area (Å²) in [5.41, 5.74) is 0. The normalized spacial score (nSPS) is 22.9. The van der Waals surface area contributed by atoms with Gasteiger partial charge in [-0.3, -0.25) is 4.79 Å². The second kappa shape index (κ2) is 61.8. The number of aliphatic hydroxyl groups excluding tert-OH is 8. The van der Waals surface area contributed by atoms with Gasteiger partial charge in [0.2, 0.25) is 5.91 Å². The SMILES string of the molecule is CCCCCCC/C=C\C/C=C\C/C=C\CCCCCCCCCCCCCCCCCCCCCCCCCCC(=O)NC(COC1OC(CO)C(OC2OC(CO)C(O)C(O)C2O)C(O)C1O)C(O)CCCCCCCCCCCCCCCCCCCC. The van der Waals surface area contributed by atoms with E-state index in [2.05, 4.69) is 55.6 Å². The molecule has 0 radical (unpaired) electrons. The van der Waals surface area contributed by atoms with Crippen molar-refractivity contribution in [3.05, 3.63) is 36.5 Å². The Balaban J connectivity index is 1.56. The van der Waals surface area contributed by atoms with Crippen LogP contribution in [0.1, 0.15) is 354 Å². The van der Waals surface area contributed by atoms with E-state index in [0.717, 1.165) is 64.2 Å². The van der Waals surface area contributed by atoms with Crippen LogP contribution in [0.25, 0.3) is 0 Å². The van der Waals surface area contributed by atoms with Crippen molar-refractivity contribution in [2.45, 2.75) is 428 Å². The molecule has 2 aliphatic heterocycles. The number of nitrogens with one attached hydrogen (secondary N) is 1. The summed E-state index contributed by atoms with van der Waals surface area (Å²) in [4.78, 5) is 13.4. The number of allylic oxidation sites excluding steroid dienone is 6. The number of rotatable bonds is 65. The fraction of sp³-hybridized carbons (Fsp3) is 0.909. The van der Waals surface area contributed by atoms with Crippen molar-refractivity contribution >= 4 is 5.91 Å². The van der Waals surface area contributed by atoms with Crippen molar-refractivity contribution in [3.63, 3.8) is 0 Å². The number of hydrogen-bond acceptors (Lipinski definition) is 13. The lowest BCUT2D eigenvalue weighted by Crippen LogP contribution is -2.65. The topological polar surface area (TPSA) is 228 Å². The third-order valence-electron chi connectivity index (χ3n) is 19.1. The average molecular weight is 1290 g/mol. The number of amides is 1. The highest BCUT2D eigenvalue weighted by Gasteiger charge is 2.51. The molecule has 1 amide bonds. The van der Waals surface area contributed by atoms with Crippen molar-refractivity contribution in [1.82, 2.24) is 5.32 Å². The Morgan fingerprint density at radius 3 is 1.11 bits per heavy atom. The molecule has 0 saturated carbocycles. The van der Waals surface area contributed by atoms with Gasteiger partial charge in [0, 0.05) is 6.42 Å². The van der Waals surface area contributed by atoms with Crippen molar-refractivity contribution in [3.8, 4) is 0 Å². The fourth-order valence-electron chi connectivity index (χ4n) is 13.0. The molecule has 9 N–H and O–H groups in total. The first-order valence-corrected chi connectivity index (χ1v) is 38.7. The summed E-state index contributed by atoms with van der Waals surface area (Å²) >= 11 is 0. The molecule has 2 aliphatic rings. The summed E-state index contributed by atoms with van der Waals surface area (Å²) < 4.78 is 22.9. The van der Waals surface area contributed by atoms with Crippen LogP contribution in [-0.4, -0.2) is 140 Å². The predicted molar refractivity (Wildman–Crippen MR) is 374 cm³/mol. The summed E-state index contributed by atoms with van der Waals surface area (Å²) in [6, 6.07) is -0.827. The van der Waals surface area contributed by atoms with Crippen molar-refractivity contribution < 1.29 is 64.6 Å². The second-order valence-electron chi connectivity index (χ2n) is 27.5. The first kappa shape index (κ1) is 85.3. The van der Waals surface area contributed by atoms with Gasteiger partial charge in [-0.2, -0.15) is 0 Å². The van der Waals surface area contributed by atoms with E-state index in [1.807, 2.05) is 0 Å². The van der Waals surface area contributed by atoms with Crippen LogP contribution in [0.3, 0.4) is 0 Å². The summed E-state index contributed by atoms with van der Waals surface area (Å²) in [6.07, 6.45) is 63.3. The Morgan fingerprint density at radius 2 is 0.725 bits per heavy atom. The van der Waals surface area contributed by atoms with Crippen molar-refractivity contribution in [2.75, 3.05) is 19.8 Å². The van der Waals surface area contributed by atoms with Crippen LogP contribution in [0.15, 0.2) is 36.5 Å². The summed E-state index contributed by atoms with van der Waals surface area (Å²) in [7, 11) is 0. The molecule has 12 unspecified atom stereocenters. The Labute approximate surface area is 557 Å². The Hall–Kier alpha value is -1.79. The lowest BCUT2D eigenvalue weighted by molar-refractivity contribution is -0.359. The molecule has 0 aromatic rings. The molecule has 2 fully saturated rings. The van der Waals surface area contributed by atoms with E-state index >= 15 is 0 Å². The smallest absolute Gasteiger partial charge is 0.220 e. The number of carbonyl (C=O) groups excluding carboxylic acids is 1. The number of unbranched alkanes of at least 4 members (excludes halogenated alkanes) is 46. The highest BCUT2D eigenvalue weighted by atomic mass is 16.7. The Kier molecular flexibility index (Phi) is 57.9. The quantitative estimate of drug-likeness (QED) is 0.0204. The number of hydrogen-bond donors (Lipinski definition) is 9. The van der Waals surface area contributed by atoms with Gasteiger partial charge in [0.25, 0.3) is 0 Å². The molecule has 12 atom stereocenters. The van der Waals surface area contributed by atoms with Gasteiger partial charge in [-0.25, -0.2) is 0 Å². The van der Waals surface area contributed by atoms with Crippen LogP contribution in [0.5, 0.6) is 0 Å². The molecule has 2 heterocycles. The number of carbonyl (C=O) groups is 1. The zero-order valence-electron chi connectivity index (χ0n) is 58.6. The standard InChI is InChI=1S/C77H145NO13/c1-3-5-7-9-11-13-15-17-19-21-23-24-25-26-27-28-29-30-31-32-33-34-35-36-37-38-39-40-41-42-43-45-47-49-51-53-55-57-59-61-69(82)78-65(66(81)60-58-56-54-52-50-48-46-44-22-20-18-16-14-12-10-8-6-4-2)64-88-76-74(87)72(85)75(68(63-80)90-76)91-77-73(86)71(84)70(83)67(62-79)89-77/h15,17,21,23,25-26,65-68,70-77,79-81,83-87H,3-14,16,18-20,22,24,27-64H2,1-2H3,(H,78,82)/b17-15-,23-21-,26-25-. The van der Waals surface area contributed by atoms with Gasteiger partial charge < -0.3 is 65.1 Å². The van der Waals surface area contributed by atoms with E-state index in [-0.39, 0.29) is 12.5 Å². The van der Waals surface area contributed by atoms with Gasteiger partial charge in [-0.05, 0) is 51.4 Å². The maximum Gasteiger partial charge on any atom is 0.220 e. The van der Waals surface area contributed by atoms with Gasteiger partial charge in [-0.15, -0.1) is 0 Å². The first-order valence-electron chi connectivity index (χ1n) is 38.7. The van der Waals surface area contributed by atoms with E-state index in [4.69, 9.17) is 18.9 Å². The van der Waals surface area contributed by atoms with Crippen LogP contribution in [0, 0.1) is 0 Å². The lowest BCUT2D eigenvalue weighted by Gasteiger charge is -2.46. The fourth-order valence-corrected chi connectivity index (χ4v) is 13.0. The molecule has 0 aromatic carbocycles. The van der Waals surface area contributed by atoms with E-state index in [0.29, 0.717) is 12.8 Å². The van der Waals surface area contributed by atoms with Gasteiger partial charge in [-0.1, -0.05) is 333 Å². The average Bonchev–Trinajstić information content (AvgIpc) is 1.19. The molecular formula is C77H145NO13. The van der Waals surface area contributed by atoms with Crippen molar-refractivity contribution in [2.24, 2.45) is 0 Å². The summed E-state index contributed by atoms with van der Waals surface area (Å²) in [5.74, 6) is -0.199. The molecule has 536 valence electrons. The largest absolute Gasteiger partial charge is 0.394 e. The second-order valence-corrected chi connectivity index (χ2v) is 27.5. The van der Waals surface area contributed by atoms with Gasteiger partial charge in [0.1, 0.15) is 48.8 Å². The van der Waals surface area contributed by atoms with E-state index in [1.54, 1.807) is 0 Å². The molecule has 0 aliphatic carbocycles. The minimum absolute atomic E-state index is 0.199. The third kappa shape index (κ3) is 45.4. The summed E-state index contributed by atoms with van der Waals surface area (Å²) in [5, 5.41) is 87.7. The van der Waals surface area contributed by atoms with Crippen LogP contribution in [-0.2, 0) is 23.7 Å². The molecular weight excluding hydrogens is 1150 g/mol. The lowest BCUT2D eigenvalue weighted by atomic mass is 9.97. The monoisotopic (exact) mass is 1290 g/mol. The van der Waals surface area contributed by atoms with Crippen LogP contribution in [0.2, 0.25) is 0 Å². The van der Waals surface area contributed by atoms with Crippen LogP contribution >= 0.6 is 0 Å². The van der Waals surface area contributed by atoms with E-state index in [1.165, 1.54) is 263 Å². The number of ether oxygens (including phenoxy) is 4. The van der Waals surface area contributed by atoms with Gasteiger partial charge in [0.05, 0.1) is 32.0 Å². The zero-order chi connectivity index (χ0) is 65.9. The van der Waals surface area contributed by atoms with Gasteiger partial charge in [0.15, 0.2) is 12.6 Å². The van der Waals surface area contributed by atoms with Gasteiger partial charge >= 0.3 is 0 Å². The molecule has 0 spiro atoms. The minimum atomic E-state index is -1.78. The Morgan fingerprint density at radius 1 is 0.396 bits per heavy atom. The molecule has 2 rings (SSSR count). The molecule has 0 bridgehead atoms. The van der Waals surface area contributed by atoms with E-state index < -0.39 is 86.8 Å². The number of aliphatic hydroxyl groups is 8. The highest BCUT2D eigenvalue weighted by Crippen LogP contribution is 2.30. The molecule has 91 heavy (non-hydrogen) atoms. The maximum atomic E-state index is 13.4. The van der Waals surface area contributed by atoms with Crippen LogP contribution in [0.4, 0.5) is 0 Å². The summed E-state index contributed by atoms with van der Waals surface area (Å²) in [6.45, 7) is 2.90. The minimum Gasteiger partial charge on any atom is -0.394 e. The molecule has 0 aromatic heterocycles. The molecule has 14 nitrogen and oxygen atoms in total. The predicted octanol–water partition coefficient (Wildman–Crippen LogP) is 16.9. The van der Waals surface area contributed by atoms with E-state index in [9.17, 15) is 45.6 Å². The molecule has 2 saturated heterocycles. The van der Waals surface area contributed by atoms with Crippen LogP contribution < -0.4 is 5.32 Å². The highest BCUT2D eigenvalue weighted by molar-refractivity contribution is 5.76.